The summed E-state index contributed by atoms with van der Waals surface area (Å²) in [5, 5.41) is 35.4. The number of aldehydes is 1. The van der Waals surface area contributed by atoms with Gasteiger partial charge in [0.15, 0.2) is 25.0 Å². The van der Waals surface area contributed by atoms with Crippen molar-refractivity contribution in [3.63, 3.8) is 0 Å². The molecule has 18 unspecified atom stereocenters. The van der Waals surface area contributed by atoms with Crippen molar-refractivity contribution in [3.8, 4) is 0 Å². The molecule has 3 N–H and O–H groups in total. The van der Waals surface area contributed by atoms with E-state index >= 15 is 0 Å². The molecule has 0 amide bonds. The van der Waals surface area contributed by atoms with Gasteiger partial charge < -0.3 is 72.5 Å². The summed E-state index contributed by atoms with van der Waals surface area (Å²) < 4.78 is 56.0. The van der Waals surface area contributed by atoms with Crippen LogP contribution in [0.1, 0.15) is 99.8 Å². The molecule has 4 aliphatic heterocycles. The van der Waals surface area contributed by atoms with Gasteiger partial charge in [0.1, 0.15) is 36.3 Å². The molecule has 4 aliphatic rings. The second kappa shape index (κ2) is 25.1. The Morgan fingerprint density at radius 3 is 2.27 bits per heavy atom. The highest BCUT2D eigenvalue weighted by Gasteiger charge is 2.53. The average molecular weight is 913 g/mol. The molecule has 0 aromatic rings. The van der Waals surface area contributed by atoms with Gasteiger partial charge in [-0.1, -0.05) is 45.1 Å². The third-order valence-corrected chi connectivity index (χ3v) is 12.8. The number of cyclic esters (lactones) is 1. The molecule has 17 nitrogen and oxygen atoms in total. The van der Waals surface area contributed by atoms with Gasteiger partial charge in [-0.25, -0.2) is 0 Å². The third kappa shape index (κ3) is 15.3. The van der Waals surface area contributed by atoms with E-state index in [1.807, 2.05) is 59.2 Å². The van der Waals surface area contributed by atoms with E-state index in [9.17, 15) is 29.7 Å². The highest BCUT2D eigenvalue weighted by Crippen LogP contribution is 2.38. The maximum absolute atomic E-state index is 13.1. The number of hydrogen-bond donors (Lipinski definition) is 3. The number of rotatable bonds is 14. The molecule has 18 atom stereocenters. The highest BCUT2D eigenvalue weighted by molar-refractivity contribution is 5.70. The summed E-state index contributed by atoms with van der Waals surface area (Å²) in [6, 6.07) is -0.472. The van der Waals surface area contributed by atoms with E-state index in [2.05, 4.69) is 4.90 Å². The van der Waals surface area contributed by atoms with Gasteiger partial charge in [0.2, 0.25) is 0 Å². The Labute approximate surface area is 381 Å². The first-order chi connectivity index (χ1) is 30.1. The summed E-state index contributed by atoms with van der Waals surface area (Å²) in [7, 11) is 9.01. The van der Waals surface area contributed by atoms with Crippen LogP contribution >= 0.6 is 0 Å². The third-order valence-electron chi connectivity index (χ3n) is 12.8. The molecule has 4 heterocycles. The van der Waals surface area contributed by atoms with Crippen molar-refractivity contribution >= 4 is 18.2 Å². The molecule has 3 saturated heterocycles. The van der Waals surface area contributed by atoms with Crippen LogP contribution in [0.15, 0.2) is 24.3 Å². The molecule has 0 radical (unpaired) electrons. The molecule has 0 aromatic carbocycles. The Morgan fingerprint density at radius 1 is 0.953 bits per heavy atom. The molecular formula is C47H80N2O15. The normalized spacial score (nSPS) is 42.0. The summed E-state index contributed by atoms with van der Waals surface area (Å²) >= 11 is 0. The van der Waals surface area contributed by atoms with E-state index in [1.165, 1.54) is 7.11 Å². The first kappa shape index (κ1) is 54.2. The summed E-state index contributed by atoms with van der Waals surface area (Å²) in [5.74, 6) is -1.84. The van der Waals surface area contributed by atoms with E-state index in [0.29, 0.717) is 25.9 Å². The lowest BCUT2D eigenvalue weighted by Gasteiger charge is -2.50. The second-order valence-electron chi connectivity index (χ2n) is 19.5. The number of likely N-dealkylation sites (N-methyl/N-ethyl adjacent to an activating group) is 2. The van der Waals surface area contributed by atoms with Crippen molar-refractivity contribution in [1.29, 1.82) is 0 Å². The first-order valence-corrected chi connectivity index (χ1v) is 23.1. The van der Waals surface area contributed by atoms with Crippen molar-refractivity contribution in [2.24, 2.45) is 17.8 Å². The highest BCUT2D eigenvalue weighted by atomic mass is 16.7. The Morgan fingerprint density at radius 2 is 1.67 bits per heavy atom. The Hall–Kier alpha value is -2.39. The summed E-state index contributed by atoms with van der Waals surface area (Å²) in [6.07, 6.45) is -1.38. The zero-order chi connectivity index (χ0) is 47.5. The number of esters is 2. The minimum Gasteiger partial charge on any atom is -0.462 e. The fourth-order valence-corrected chi connectivity index (χ4v) is 9.35. The van der Waals surface area contributed by atoms with Gasteiger partial charge in [0.05, 0.1) is 49.6 Å². The largest absolute Gasteiger partial charge is 0.462 e. The van der Waals surface area contributed by atoms with Crippen LogP contribution in [0.5, 0.6) is 0 Å². The zero-order valence-electron chi connectivity index (χ0n) is 40.3. The van der Waals surface area contributed by atoms with Crippen molar-refractivity contribution in [2.45, 2.75) is 197 Å². The fraction of sp³-hybridized carbons (Fsp3) is 0.851. The standard InChI is InChI=1S/C47H80N2O15/c1-27(2)22-36(52)62-45-31(6)59-39(25-47(45,7)55)63-42-30(5)60-46(41(54)40(42)49(10)11)64-43-32(20-21-50)23-28(3)35(61-38-19-18-33(26-57-38)48(8)9)17-15-13-14-16-29(4)58-37(53)24-34(51)44(43)56-12/h13-15,17,21,27-35,38-46,51,54-55H,16,18-20,22-26H2,1-12H3/b14-13+,17-15+. The molecule has 64 heavy (non-hydrogen) atoms. The minimum atomic E-state index is -1.49. The number of carbonyl (C=O) groups excluding carboxylic acids is 3. The molecule has 0 spiro atoms. The molecule has 3 fully saturated rings. The fourth-order valence-electron chi connectivity index (χ4n) is 9.35. The second-order valence-corrected chi connectivity index (χ2v) is 19.5. The van der Waals surface area contributed by atoms with Crippen LogP contribution in [-0.4, -0.2) is 183 Å². The van der Waals surface area contributed by atoms with Crippen molar-refractivity contribution in [1.82, 2.24) is 9.80 Å². The van der Waals surface area contributed by atoms with E-state index in [1.54, 1.807) is 46.7 Å². The molecule has 0 aliphatic carbocycles. The minimum absolute atomic E-state index is 0.0179. The Balaban J connectivity index is 1.62. The number of aliphatic hydroxyl groups is 3. The summed E-state index contributed by atoms with van der Waals surface area (Å²) in [6.45, 7) is 13.2. The quantitative estimate of drug-likeness (QED) is 0.169. The van der Waals surface area contributed by atoms with E-state index < -0.39 is 116 Å². The molecule has 17 heteroatoms. The van der Waals surface area contributed by atoms with Gasteiger partial charge in [-0.3, -0.25) is 9.59 Å². The van der Waals surface area contributed by atoms with Gasteiger partial charge in [-0.05, 0) is 92.9 Å². The van der Waals surface area contributed by atoms with Gasteiger partial charge in [0, 0.05) is 38.8 Å². The Bertz CT molecular complexity index is 1500. The van der Waals surface area contributed by atoms with Crippen molar-refractivity contribution in [3.05, 3.63) is 24.3 Å². The zero-order valence-corrected chi connectivity index (χ0v) is 40.3. The molecule has 0 bridgehead atoms. The number of hydrogen-bond acceptors (Lipinski definition) is 17. The van der Waals surface area contributed by atoms with Gasteiger partial charge >= 0.3 is 11.9 Å². The lowest BCUT2D eigenvalue weighted by Crippen LogP contribution is -2.66. The number of allylic oxidation sites excluding steroid dienone is 2. The first-order valence-electron chi connectivity index (χ1n) is 23.1. The number of methoxy groups -OCH3 is 1. The average Bonchev–Trinajstić information content (AvgIpc) is 3.19. The summed E-state index contributed by atoms with van der Waals surface area (Å²) in [4.78, 5) is 42.2. The number of nitrogens with zero attached hydrogens (tertiary/aromatic N) is 2. The molecule has 368 valence electrons. The van der Waals surface area contributed by atoms with Crippen molar-refractivity contribution < 1.29 is 72.3 Å². The van der Waals surface area contributed by atoms with Crippen LogP contribution in [0.4, 0.5) is 0 Å². The van der Waals surface area contributed by atoms with Crippen LogP contribution in [-0.2, 0) is 57.0 Å². The lowest BCUT2D eigenvalue weighted by molar-refractivity contribution is -0.344. The maximum atomic E-state index is 13.1. The van der Waals surface area contributed by atoms with Crippen LogP contribution in [0.3, 0.4) is 0 Å². The molecule has 4 rings (SSSR count). The van der Waals surface area contributed by atoms with E-state index in [4.69, 9.17) is 42.6 Å². The van der Waals surface area contributed by atoms with E-state index in [-0.39, 0.29) is 37.1 Å². The predicted molar refractivity (Wildman–Crippen MR) is 236 cm³/mol. The van der Waals surface area contributed by atoms with E-state index in [0.717, 1.165) is 12.7 Å². The van der Waals surface area contributed by atoms with Crippen LogP contribution in [0.2, 0.25) is 0 Å². The Kier molecular flexibility index (Phi) is 21.3. The van der Waals surface area contributed by atoms with Gasteiger partial charge in [0.25, 0.3) is 0 Å². The van der Waals surface area contributed by atoms with Gasteiger partial charge in [-0.2, -0.15) is 0 Å². The number of carbonyl (C=O) groups is 3. The SMILES string of the molecule is COC1C(O)CC(=O)OC(C)C/C=C/C=C/C(OC2CCC(N(C)C)CO2)C(C)CC(CC=O)C1OC1OC(C)C(OC2CC(C)(O)C(OC(=O)CC(C)C)C(C)O2)C(N(C)C)C1O. The van der Waals surface area contributed by atoms with Crippen LogP contribution < -0.4 is 0 Å². The lowest BCUT2D eigenvalue weighted by atomic mass is 9.82. The molecular weight excluding hydrogens is 833 g/mol. The number of ether oxygens (including phenoxy) is 9. The topological polar surface area (TPSA) is 201 Å². The molecule has 0 saturated carbocycles. The summed E-state index contributed by atoms with van der Waals surface area (Å²) in [5.41, 5.74) is -1.49. The van der Waals surface area contributed by atoms with Gasteiger partial charge in [-0.15, -0.1) is 0 Å². The smallest absolute Gasteiger partial charge is 0.308 e. The van der Waals surface area contributed by atoms with Crippen LogP contribution in [0.25, 0.3) is 0 Å². The molecule has 0 aromatic heterocycles. The monoisotopic (exact) mass is 913 g/mol. The van der Waals surface area contributed by atoms with Crippen molar-refractivity contribution in [2.75, 3.05) is 41.9 Å². The maximum Gasteiger partial charge on any atom is 0.308 e. The van der Waals surface area contributed by atoms with Crippen LogP contribution in [0, 0.1) is 17.8 Å². The number of aliphatic hydroxyl groups excluding tert-OH is 2. The predicted octanol–water partition coefficient (Wildman–Crippen LogP) is 3.53.